The molecule has 4 nitrogen and oxygen atoms in total. The summed E-state index contributed by atoms with van der Waals surface area (Å²) in [5, 5.41) is 3.09. The van der Waals surface area contributed by atoms with Crippen LogP contribution in [-0.2, 0) is 11.2 Å². The molecule has 0 heterocycles. The van der Waals surface area contributed by atoms with Crippen LogP contribution in [-0.4, -0.2) is 20.1 Å². The van der Waals surface area contributed by atoms with Gasteiger partial charge in [-0.2, -0.15) is 0 Å². The molecule has 2 rings (SSSR count). The van der Waals surface area contributed by atoms with Gasteiger partial charge >= 0.3 is 0 Å². The molecule has 0 radical (unpaired) electrons. The summed E-state index contributed by atoms with van der Waals surface area (Å²) in [5.41, 5.74) is 3.42. The number of rotatable bonds is 8. The highest BCUT2D eigenvalue weighted by molar-refractivity contribution is 5.77. The van der Waals surface area contributed by atoms with Gasteiger partial charge in [-0.25, -0.2) is 0 Å². The number of benzene rings is 2. The molecule has 2 aromatic carbocycles. The number of carbonyl (C=O) groups is 1. The molecule has 2 unspecified atom stereocenters. The van der Waals surface area contributed by atoms with Crippen molar-refractivity contribution in [1.82, 2.24) is 5.32 Å². The molecule has 0 aliphatic carbocycles. The van der Waals surface area contributed by atoms with E-state index in [1.54, 1.807) is 14.2 Å². The molecule has 140 valence electrons. The minimum atomic E-state index is -0.0154. The van der Waals surface area contributed by atoms with Gasteiger partial charge in [0.25, 0.3) is 0 Å². The zero-order valence-electron chi connectivity index (χ0n) is 16.3. The molecule has 4 heteroatoms. The van der Waals surface area contributed by atoms with E-state index in [0.717, 1.165) is 29.0 Å². The van der Waals surface area contributed by atoms with E-state index >= 15 is 0 Å². The summed E-state index contributed by atoms with van der Waals surface area (Å²) < 4.78 is 10.7. The fourth-order valence-corrected chi connectivity index (χ4v) is 3.04. The third kappa shape index (κ3) is 5.01. The number of amides is 1. The summed E-state index contributed by atoms with van der Waals surface area (Å²) in [6, 6.07) is 14.1. The Bertz CT molecular complexity index is 725. The first-order valence-corrected chi connectivity index (χ1v) is 9.08. The predicted molar refractivity (Wildman–Crippen MR) is 105 cm³/mol. The van der Waals surface area contributed by atoms with Crippen LogP contribution < -0.4 is 14.8 Å². The quantitative estimate of drug-likeness (QED) is 0.750. The smallest absolute Gasteiger partial charge is 0.221 e. The zero-order chi connectivity index (χ0) is 19.1. The van der Waals surface area contributed by atoms with Crippen LogP contribution in [0.2, 0.25) is 0 Å². The van der Waals surface area contributed by atoms with Gasteiger partial charge < -0.3 is 14.8 Å². The van der Waals surface area contributed by atoms with E-state index in [2.05, 4.69) is 36.5 Å². The van der Waals surface area contributed by atoms with E-state index in [9.17, 15) is 4.79 Å². The first-order valence-electron chi connectivity index (χ1n) is 9.08. The molecule has 26 heavy (non-hydrogen) atoms. The first kappa shape index (κ1) is 19.8. The lowest BCUT2D eigenvalue weighted by Gasteiger charge is -2.19. The zero-order valence-corrected chi connectivity index (χ0v) is 16.3. The Morgan fingerprint density at radius 1 is 1.04 bits per heavy atom. The Morgan fingerprint density at radius 2 is 1.73 bits per heavy atom. The van der Waals surface area contributed by atoms with Crippen molar-refractivity contribution in [2.24, 2.45) is 0 Å². The monoisotopic (exact) mass is 355 g/mol. The highest BCUT2D eigenvalue weighted by atomic mass is 16.5. The maximum atomic E-state index is 12.5. The lowest BCUT2D eigenvalue weighted by Crippen LogP contribution is -2.27. The molecular formula is C22H29NO3. The predicted octanol–water partition coefficient (Wildman–Crippen LogP) is 4.64. The molecule has 0 aliphatic rings. The maximum Gasteiger partial charge on any atom is 0.221 e. The maximum absolute atomic E-state index is 12.5. The average Bonchev–Trinajstić information content (AvgIpc) is 2.67. The van der Waals surface area contributed by atoms with Crippen LogP contribution in [0.1, 0.15) is 55.8 Å². The van der Waals surface area contributed by atoms with Crippen LogP contribution >= 0.6 is 0 Å². The third-order valence-electron chi connectivity index (χ3n) is 4.73. The normalized spacial score (nSPS) is 13.0. The van der Waals surface area contributed by atoms with Gasteiger partial charge in [-0.05, 0) is 42.0 Å². The van der Waals surface area contributed by atoms with E-state index in [-0.39, 0.29) is 17.9 Å². The van der Waals surface area contributed by atoms with E-state index in [1.807, 2.05) is 32.0 Å². The van der Waals surface area contributed by atoms with E-state index in [4.69, 9.17) is 9.47 Å². The number of carbonyl (C=O) groups excluding carboxylic acids is 1. The van der Waals surface area contributed by atoms with Gasteiger partial charge in [0.05, 0.1) is 20.3 Å². The minimum absolute atomic E-state index is 0.0154. The van der Waals surface area contributed by atoms with Gasteiger partial charge in [0.1, 0.15) is 11.5 Å². The Morgan fingerprint density at radius 3 is 2.31 bits per heavy atom. The molecule has 0 aromatic heterocycles. The number of ether oxygens (including phenoxy) is 2. The third-order valence-corrected chi connectivity index (χ3v) is 4.73. The van der Waals surface area contributed by atoms with E-state index in [0.29, 0.717) is 6.42 Å². The molecular weight excluding hydrogens is 326 g/mol. The lowest BCUT2D eigenvalue weighted by atomic mass is 9.96. The highest BCUT2D eigenvalue weighted by Gasteiger charge is 2.17. The summed E-state index contributed by atoms with van der Waals surface area (Å²) in [6.45, 7) is 6.18. The van der Waals surface area contributed by atoms with Crippen molar-refractivity contribution in [3.05, 3.63) is 59.2 Å². The number of nitrogens with one attached hydrogen (secondary N) is 1. The number of hydrogen-bond donors (Lipinski definition) is 1. The van der Waals surface area contributed by atoms with Crippen LogP contribution in [0.5, 0.6) is 11.5 Å². The summed E-state index contributed by atoms with van der Waals surface area (Å²) in [7, 11) is 3.26. The summed E-state index contributed by atoms with van der Waals surface area (Å²) in [6.07, 6.45) is 1.42. The summed E-state index contributed by atoms with van der Waals surface area (Å²) >= 11 is 0. The second kappa shape index (κ2) is 9.27. The average molecular weight is 355 g/mol. The second-order valence-electron chi connectivity index (χ2n) is 6.60. The molecule has 1 amide bonds. The van der Waals surface area contributed by atoms with Crippen molar-refractivity contribution in [3.63, 3.8) is 0 Å². The van der Waals surface area contributed by atoms with Crippen LogP contribution in [0.25, 0.3) is 0 Å². The summed E-state index contributed by atoms with van der Waals surface area (Å²) in [5.74, 6) is 1.56. The SMILES string of the molecule is CCc1ccc(C(C)NC(=O)CC(C)c2ccc(OC)cc2OC)cc1. The fourth-order valence-electron chi connectivity index (χ4n) is 3.04. The highest BCUT2D eigenvalue weighted by Crippen LogP contribution is 2.32. The van der Waals surface area contributed by atoms with Crippen molar-refractivity contribution < 1.29 is 14.3 Å². The van der Waals surface area contributed by atoms with Crippen molar-refractivity contribution in [1.29, 1.82) is 0 Å². The van der Waals surface area contributed by atoms with Crippen LogP contribution in [0.15, 0.2) is 42.5 Å². The number of aryl methyl sites for hydroxylation is 1. The molecule has 0 saturated carbocycles. The van der Waals surface area contributed by atoms with Crippen LogP contribution in [0, 0.1) is 0 Å². The van der Waals surface area contributed by atoms with Gasteiger partial charge in [-0.15, -0.1) is 0 Å². The van der Waals surface area contributed by atoms with Gasteiger partial charge in [0.2, 0.25) is 5.91 Å². The Balaban J connectivity index is 2.00. The second-order valence-corrected chi connectivity index (χ2v) is 6.60. The lowest BCUT2D eigenvalue weighted by molar-refractivity contribution is -0.122. The molecule has 0 aliphatic heterocycles. The Labute approximate surface area is 156 Å². The van der Waals surface area contributed by atoms with Crippen molar-refractivity contribution in [2.75, 3.05) is 14.2 Å². The van der Waals surface area contributed by atoms with Crippen molar-refractivity contribution >= 4 is 5.91 Å². The Kier molecular flexibility index (Phi) is 7.07. The van der Waals surface area contributed by atoms with Gasteiger partial charge in [-0.3, -0.25) is 4.79 Å². The van der Waals surface area contributed by atoms with Gasteiger partial charge in [0, 0.05) is 12.5 Å². The van der Waals surface area contributed by atoms with Crippen LogP contribution in [0.3, 0.4) is 0 Å². The molecule has 0 fully saturated rings. The fraction of sp³-hybridized carbons (Fsp3) is 0.409. The van der Waals surface area contributed by atoms with E-state index in [1.165, 1.54) is 5.56 Å². The minimum Gasteiger partial charge on any atom is -0.497 e. The number of hydrogen-bond acceptors (Lipinski definition) is 3. The van der Waals surface area contributed by atoms with Crippen molar-refractivity contribution in [2.45, 2.75) is 45.6 Å². The van der Waals surface area contributed by atoms with Crippen molar-refractivity contribution in [3.8, 4) is 11.5 Å². The van der Waals surface area contributed by atoms with Crippen LogP contribution in [0.4, 0.5) is 0 Å². The van der Waals surface area contributed by atoms with E-state index < -0.39 is 0 Å². The standard InChI is InChI=1S/C22H29NO3/c1-6-17-7-9-18(10-8-17)16(3)23-22(24)13-15(2)20-12-11-19(25-4)14-21(20)26-5/h7-12,14-16H,6,13H2,1-5H3,(H,23,24). The number of methoxy groups -OCH3 is 2. The molecule has 2 atom stereocenters. The molecule has 1 N–H and O–H groups in total. The van der Waals surface area contributed by atoms with Gasteiger partial charge in [-0.1, -0.05) is 44.2 Å². The molecule has 0 spiro atoms. The topological polar surface area (TPSA) is 47.6 Å². The Hall–Kier alpha value is -2.49. The molecule has 0 saturated heterocycles. The van der Waals surface area contributed by atoms with Gasteiger partial charge in [0.15, 0.2) is 0 Å². The first-order chi connectivity index (χ1) is 12.5. The molecule has 2 aromatic rings. The summed E-state index contributed by atoms with van der Waals surface area (Å²) in [4.78, 5) is 12.5. The molecule has 0 bridgehead atoms. The largest absolute Gasteiger partial charge is 0.497 e.